The van der Waals surface area contributed by atoms with Crippen molar-refractivity contribution >= 4 is 17.7 Å². The number of rotatable bonds is 3. The fourth-order valence-electron chi connectivity index (χ4n) is 5.38. The summed E-state index contributed by atoms with van der Waals surface area (Å²) in [6.07, 6.45) is 0.752. The maximum atomic E-state index is 12.9. The first-order chi connectivity index (χ1) is 17.1. The van der Waals surface area contributed by atoms with E-state index in [1.807, 2.05) is 20.8 Å². The minimum atomic E-state index is -0.617. The van der Waals surface area contributed by atoms with E-state index < -0.39 is 11.7 Å². The number of ether oxygens (including phenoxy) is 2. The van der Waals surface area contributed by atoms with Gasteiger partial charge in [-0.3, -0.25) is 0 Å². The number of hydrogen-bond acceptors (Lipinski definition) is 9. The molecule has 194 valence electrons. The molecule has 4 rings (SSSR count). The van der Waals surface area contributed by atoms with Gasteiger partial charge in [0.25, 0.3) is 0 Å². The SMILES string of the molecule is CC1CN(c2nc(N3CCN(C(=O)OC(C)(C)C)C(CC#N)C3)c(C#N)c3c2CCNC3)CC(C)O1. The molecular formula is C26H37N7O3. The van der Waals surface area contributed by atoms with Gasteiger partial charge in [0, 0.05) is 44.8 Å². The van der Waals surface area contributed by atoms with Crippen molar-refractivity contribution in [1.82, 2.24) is 15.2 Å². The Morgan fingerprint density at radius 1 is 1.11 bits per heavy atom. The van der Waals surface area contributed by atoms with Crippen LogP contribution in [0.15, 0.2) is 0 Å². The molecule has 1 amide bonds. The number of hydrogen-bond donors (Lipinski definition) is 1. The number of morpholine rings is 1. The van der Waals surface area contributed by atoms with Gasteiger partial charge in [-0.25, -0.2) is 9.78 Å². The van der Waals surface area contributed by atoms with Gasteiger partial charge in [-0.2, -0.15) is 10.5 Å². The Balaban J connectivity index is 1.70. The molecule has 3 aliphatic rings. The van der Waals surface area contributed by atoms with Crippen LogP contribution in [0.25, 0.3) is 0 Å². The minimum absolute atomic E-state index is 0.0874. The van der Waals surface area contributed by atoms with Gasteiger partial charge in [0.1, 0.15) is 23.3 Å². The highest BCUT2D eigenvalue weighted by atomic mass is 16.6. The van der Waals surface area contributed by atoms with Gasteiger partial charge in [0.2, 0.25) is 0 Å². The predicted octanol–water partition coefficient (Wildman–Crippen LogP) is 2.55. The van der Waals surface area contributed by atoms with E-state index >= 15 is 0 Å². The largest absolute Gasteiger partial charge is 0.444 e. The highest BCUT2D eigenvalue weighted by Crippen LogP contribution is 2.35. The molecule has 0 aliphatic carbocycles. The van der Waals surface area contributed by atoms with Gasteiger partial charge >= 0.3 is 6.09 Å². The zero-order chi connectivity index (χ0) is 26.0. The number of carbonyl (C=O) groups excluding carboxylic acids is 1. The normalized spacial score (nSPS) is 24.5. The van der Waals surface area contributed by atoms with Gasteiger partial charge in [-0.1, -0.05) is 0 Å². The van der Waals surface area contributed by atoms with E-state index in [0.717, 1.165) is 43.0 Å². The topological polar surface area (TPSA) is 118 Å². The molecule has 0 spiro atoms. The van der Waals surface area contributed by atoms with Crippen LogP contribution in [0.4, 0.5) is 16.4 Å². The Labute approximate surface area is 213 Å². The fraction of sp³-hybridized carbons (Fsp3) is 0.692. The molecule has 36 heavy (non-hydrogen) atoms. The average Bonchev–Trinajstić information content (AvgIpc) is 2.81. The van der Waals surface area contributed by atoms with Crippen LogP contribution in [0.2, 0.25) is 0 Å². The fourth-order valence-corrected chi connectivity index (χ4v) is 5.38. The summed E-state index contributed by atoms with van der Waals surface area (Å²) in [6, 6.07) is 4.28. The van der Waals surface area contributed by atoms with Crippen LogP contribution in [-0.2, 0) is 22.4 Å². The zero-order valence-corrected chi connectivity index (χ0v) is 22.0. The van der Waals surface area contributed by atoms with E-state index in [4.69, 9.17) is 14.5 Å². The second-order valence-corrected chi connectivity index (χ2v) is 10.9. The van der Waals surface area contributed by atoms with Crippen LogP contribution in [0.1, 0.15) is 57.7 Å². The first-order valence-electron chi connectivity index (χ1n) is 12.8. The molecule has 0 saturated carbocycles. The molecule has 3 atom stereocenters. The van der Waals surface area contributed by atoms with Gasteiger partial charge in [-0.05, 0) is 53.1 Å². The number of carbonyl (C=O) groups is 1. The van der Waals surface area contributed by atoms with Gasteiger partial charge in [-0.15, -0.1) is 0 Å². The third-order valence-corrected chi connectivity index (χ3v) is 6.79. The van der Waals surface area contributed by atoms with E-state index in [1.165, 1.54) is 0 Å². The van der Waals surface area contributed by atoms with Gasteiger partial charge in [0.15, 0.2) is 0 Å². The highest BCUT2D eigenvalue weighted by Gasteiger charge is 2.36. The minimum Gasteiger partial charge on any atom is -0.444 e. The predicted molar refractivity (Wildman–Crippen MR) is 136 cm³/mol. The maximum Gasteiger partial charge on any atom is 0.410 e. The van der Waals surface area contributed by atoms with Crippen molar-refractivity contribution in [3.63, 3.8) is 0 Å². The van der Waals surface area contributed by atoms with Crippen molar-refractivity contribution in [2.45, 2.75) is 77.9 Å². The number of nitrogens with zero attached hydrogens (tertiary/aromatic N) is 6. The van der Waals surface area contributed by atoms with Crippen LogP contribution in [0.5, 0.6) is 0 Å². The molecule has 1 N–H and O–H groups in total. The van der Waals surface area contributed by atoms with E-state index in [9.17, 15) is 15.3 Å². The zero-order valence-electron chi connectivity index (χ0n) is 22.0. The van der Waals surface area contributed by atoms with E-state index in [2.05, 4.69) is 41.1 Å². The molecule has 0 aromatic carbocycles. The summed E-state index contributed by atoms with van der Waals surface area (Å²) in [4.78, 5) is 24.0. The molecule has 0 radical (unpaired) electrons. The Morgan fingerprint density at radius 2 is 1.83 bits per heavy atom. The molecule has 1 aromatic rings. The first kappa shape index (κ1) is 26.0. The molecule has 10 heteroatoms. The quantitative estimate of drug-likeness (QED) is 0.675. The van der Waals surface area contributed by atoms with Crippen molar-refractivity contribution in [3.8, 4) is 12.1 Å². The molecule has 1 aromatic heterocycles. The van der Waals surface area contributed by atoms with Crippen LogP contribution < -0.4 is 15.1 Å². The monoisotopic (exact) mass is 495 g/mol. The molecule has 2 saturated heterocycles. The summed E-state index contributed by atoms with van der Waals surface area (Å²) in [5.41, 5.74) is 2.10. The smallest absolute Gasteiger partial charge is 0.410 e. The lowest BCUT2D eigenvalue weighted by Gasteiger charge is -2.43. The van der Waals surface area contributed by atoms with Gasteiger partial charge < -0.3 is 29.5 Å². The van der Waals surface area contributed by atoms with Crippen molar-refractivity contribution < 1.29 is 14.3 Å². The second kappa shape index (κ2) is 10.5. The summed E-state index contributed by atoms with van der Waals surface area (Å²) in [5.74, 6) is 1.56. The van der Waals surface area contributed by atoms with Crippen LogP contribution in [-0.4, -0.2) is 79.1 Å². The van der Waals surface area contributed by atoms with Crippen LogP contribution in [0.3, 0.4) is 0 Å². The second-order valence-electron chi connectivity index (χ2n) is 10.9. The molecule has 3 unspecified atom stereocenters. The van der Waals surface area contributed by atoms with Crippen molar-refractivity contribution in [2.75, 3.05) is 49.1 Å². The number of amides is 1. The third kappa shape index (κ3) is 5.50. The molecular weight excluding hydrogens is 458 g/mol. The Hall–Kier alpha value is -3.08. The van der Waals surface area contributed by atoms with Crippen molar-refractivity contribution in [1.29, 1.82) is 10.5 Å². The van der Waals surface area contributed by atoms with Crippen molar-refractivity contribution in [2.24, 2.45) is 0 Å². The number of piperazine rings is 1. The summed E-state index contributed by atoms with van der Waals surface area (Å²) in [7, 11) is 0. The molecule has 3 aliphatic heterocycles. The lowest BCUT2D eigenvalue weighted by molar-refractivity contribution is -0.00552. The van der Waals surface area contributed by atoms with E-state index in [0.29, 0.717) is 37.6 Å². The maximum absolute atomic E-state index is 12.9. The average molecular weight is 496 g/mol. The van der Waals surface area contributed by atoms with E-state index in [-0.39, 0.29) is 24.7 Å². The number of nitriles is 2. The first-order valence-corrected chi connectivity index (χ1v) is 12.8. The number of pyridine rings is 1. The van der Waals surface area contributed by atoms with Crippen molar-refractivity contribution in [3.05, 3.63) is 16.7 Å². The molecule has 10 nitrogen and oxygen atoms in total. The molecule has 0 bridgehead atoms. The summed E-state index contributed by atoms with van der Waals surface area (Å²) in [6.45, 7) is 13.9. The highest BCUT2D eigenvalue weighted by molar-refractivity contribution is 5.71. The lowest BCUT2D eigenvalue weighted by Crippen LogP contribution is -2.56. The van der Waals surface area contributed by atoms with Crippen LogP contribution >= 0.6 is 0 Å². The Bertz CT molecular complexity index is 1060. The summed E-state index contributed by atoms with van der Waals surface area (Å²) >= 11 is 0. The standard InChI is InChI=1S/C26H37N7O3/c1-17-14-32(15-18(2)35-17)23-20-7-9-29-13-22(20)21(12-28)24(30-23)31-10-11-33(19(16-31)6-8-27)25(34)36-26(3,4)5/h17-19,29H,6-7,9-11,13-16H2,1-5H3. The number of anilines is 2. The van der Waals surface area contributed by atoms with E-state index in [1.54, 1.807) is 4.90 Å². The summed E-state index contributed by atoms with van der Waals surface area (Å²) in [5, 5.41) is 23.1. The summed E-state index contributed by atoms with van der Waals surface area (Å²) < 4.78 is 11.6. The molecule has 4 heterocycles. The van der Waals surface area contributed by atoms with Gasteiger partial charge in [0.05, 0.1) is 36.3 Å². The van der Waals surface area contributed by atoms with Crippen LogP contribution in [0, 0.1) is 22.7 Å². The number of aromatic nitrogens is 1. The Morgan fingerprint density at radius 3 is 2.47 bits per heavy atom. The lowest BCUT2D eigenvalue weighted by atomic mass is 9.95. The third-order valence-electron chi connectivity index (χ3n) is 6.79. The number of fused-ring (bicyclic) bond motifs is 1. The number of nitrogens with one attached hydrogen (secondary N) is 1. The Kier molecular flexibility index (Phi) is 7.58. The molecule has 2 fully saturated rings.